The molecular formula is C7H7NS. The molecule has 1 nitrogen and oxygen atoms in total. The van der Waals surface area contributed by atoms with Gasteiger partial charge >= 0.3 is 0 Å². The number of hydrogen-bond donors (Lipinski definition) is 0. The Labute approximate surface area is 58.8 Å². The summed E-state index contributed by atoms with van der Waals surface area (Å²) >= 11 is 1.59. The van der Waals surface area contributed by atoms with Gasteiger partial charge < -0.3 is 0 Å². The molecule has 0 N–H and O–H groups in total. The second-order valence-electron chi connectivity index (χ2n) is 1.67. The summed E-state index contributed by atoms with van der Waals surface area (Å²) in [4.78, 5) is 4.15. The highest BCUT2D eigenvalue weighted by Crippen LogP contribution is 2.05. The number of aromatic nitrogens is 1. The van der Waals surface area contributed by atoms with Crippen molar-refractivity contribution >= 4 is 11.3 Å². The average molecular weight is 137 g/mol. The van der Waals surface area contributed by atoms with E-state index in [9.17, 15) is 0 Å². The van der Waals surface area contributed by atoms with Crippen LogP contribution in [0.15, 0.2) is 5.38 Å². The van der Waals surface area contributed by atoms with Crippen LogP contribution in [0.4, 0.5) is 0 Å². The fourth-order valence-corrected chi connectivity index (χ4v) is 1.21. The molecule has 9 heavy (non-hydrogen) atoms. The van der Waals surface area contributed by atoms with Gasteiger partial charge in [-0.15, -0.1) is 11.3 Å². The van der Waals surface area contributed by atoms with Crippen LogP contribution in [-0.2, 0) is 0 Å². The van der Waals surface area contributed by atoms with Crippen molar-refractivity contribution in [2.75, 3.05) is 0 Å². The summed E-state index contributed by atoms with van der Waals surface area (Å²) in [6, 6.07) is 0. The molecule has 1 aromatic rings. The summed E-state index contributed by atoms with van der Waals surface area (Å²) in [5, 5.41) is 2.91. The van der Waals surface area contributed by atoms with Crippen LogP contribution in [-0.4, -0.2) is 4.98 Å². The highest BCUT2D eigenvalue weighted by Gasteiger charge is 1.90. The van der Waals surface area contributed by atoms with Crippen molar-refractivity contribution in [3.63, 3.8) is 0 Å². The summed E-state index contributed by atoms with van der Waals surface area (Å²) in [6.07, 6.45) is 0. The fraction of sp³-hybridized carbons (Fsp3) is 0.286. The highest BCUT2D eigenvalue weighted by molar-refractivity contribution is 7.10. The van der Waals surface area contributed by atoms with Gasteiger partial charge in [-0.25, -0.2) is 4.98 Å². The predicted octanol–water partition coefficient (Wildman–Crippen LogP) is 1.82. The molecule has 0 saturated carbocycles. The maximum Gasteiger partial charge on any atom is 0.167 e. The molecule has 0 atom stereocenters. The topological polar surface area (TPSA) is 12.9 Å². The number of aryl methyl sites for hydroxylation is 1. The third kappa shape index (κ3) is 1.55. The van der Waals surface area contributed by atoms with Crippen LogP contribution < -0.4 is 0 Å². The molecule has 0 aliphatic rings. The molecule has 0 radical (unpaired) electrons. The Morgan fingerprint density at radius 2 is 2.44 bits per heavy atom. The lowest BCUT2D eigenvalue weighted by molar-refractivity contribution is 1.25. The molecule has 0 spiro atoms. The van der Waals surface area contributed by atoms with Gasteiger partial charge in [0.2, 0.25) is 0 Å². The Kier molecular flexibility index (Phi) is 1.86. The first-order valence-corrected chi connectivity index (χ1v) is 3.56. The highest BCUT2D eigenvalue weighted by atomic mass is 32.1. The van der Waals surface area contributed by atoms with Gasteiger partial charge in [0.05, 0.1) is 0 Å². The number of thiazole rings is 1. The van der Waals surface area contributed by atoms with E-state index in [4.69, 9.17) is 0 Å². The van der Waals surface area contributed by atoms with E-state index in [1.807, 2.05) is 19.2 Å². The van der Waals surface area contributed by atoms with E-state index in [-0.39, 0.29) is 0 Å². The molecule has 1 rings (SSSR count). The molecule has 0 aliphatic carbocycles. The maximum absolute atomic E-state index is 4.15. The molecular weight excluding hydrogens is 130 g/mol. The second-order valence-corrected chi connectivity index (χ2v) is 2.53. The second kappa shape index (κ2) is 2.65. The van der Waals surface area contributed by atoms with Crippen molar-refractivity contribution in [3.8, 4) is 11.8 Å². The molecule has 0 saturated heterocycles. The molecule has 0 aromatic carbocycles. The van der Waals surface area contributed by atoms with Crippen molar-refractivity contribution in [2.45, 2.75) is 13.8 Å². The Morgan fingerprint density at radius 1 is 1.67 bits per heavy atom. The fourth-order valence-electron chi connectivity index (χ4n) is 0.518. The van der Waals surface area contributed by atoms with Gasteiger partial charge in [0, 0.05) is 11.1 Å². The summed E-state index contributed by atoms with van der Waals surface area (Å²) < 4.78 is 0. The molecule has 0 bridgehead atoms. The Morgan fingerprint density at radius 3 is 2.89 bits per heavy atom. The molecule has 2 heteroatoms. The molecule has 1 aromatic heterocycles. The summed E-state index contributed by atoms with van der Waals surface area (Å²) in [5.74, 6) is 5.68. The van der Waals surface area contributed by atoms with Gasteiger partial charge in [0.15, 0.2) is 5.01 Å². The lowest BCUT2D eigenvalue weighted by Crippen LogP contribution is -1.70. The smallest absolute Gasteiger partial charge is 0.167 e. The summed E-state index contributed by atoms with van der Waals surface area (Å²) in [7, 11) is 0. The van der Waals surface area contributed by atoms with Gasteiger partial charge in [-0.1, -0.05) is 5.92 Å². The van der Waals surface area contributed by atoms with Crippen molar-refractivity contribution in [1.82, 2.24) is 4.98 Å². The first-order valence-electron chi connectivity index (χ1n) is 2.68. The minimum Gasteiger partial charge on any atom is -0.233 e. The third-order valence-corrected chi connectivity index (χ3v) is 1.73. The number of rotatable bonds is 0. The minimum atomic E-state index is 0.912. The van der Waals surface area contributed by atoms with Gasteiger partial charge in [-0.05, 0) is 19.8 Å². The quantitative estimate of drug-likeness (QED) is 0.497. The number of hydrogen-bond acceptors (Lipinski definition) is 2. The van der Waals surface area contributed by atoms with E-state index >= 15 is 0 Å². The molecule has 0 unspecified atom stereocenters. The van der Waals surface area contributed by atoms with Crippen LogP contribution in [0.5, 0.6) is 0 Å². The van der Waals surface area contributed by atoms with Gasteiger partial charge in [0.25, 0.3) is 0 Å². The van der Waals surface area contributed by atoms with Crippen LogP contribution in [0.25, 0.3) is 0 Å². The Hall–Kier alpha value is -0.810. The maximum atomic E-state index is 4.15. The van der Waals surface area contributed by atoms with E-state index in [1.165, 1.54) is 0 Å². The van der Waals surface area contributed by atoms with E-state index < -0.39 is 0 Å². The molecule has 1 heterocycles. The summed E-state index contributed by atoms with van der Waals surface area (Å²) in [6.45, 7) is 3.79. The zero-order valence-corrected chi connectivity index (χ0v) is 6.25. The SMILES string of the molecule is CC#Cc1nc(C)cs1. The monoisotopic (exact) mass is 137 g/mol. The lowest BCUT2D eigenvalue weighted by Gasteiger charge is -1.72. The predicted molar refractivity (Wildman–Crippen MR) is 39.4 cm³/mol. The van der Waals surface area contributed by atoms with Crippen LogP contribution in [0.1, 0.15) is 17.6 Å². The third-order valence-electron chi connectivity index (χ3n) is 0.851. The minimum absolute atomic E-state index is 0.912. The van der Waals surface area contributed by atoms with Gasteiger partial charge in [-0.2, -0.15) is 0 Å². The largest absolute Gasteiger partial charge is 0.233 e. The average Bonchev–Trinajstić information content (AvgIpc) is 2.17. The van der Waals surface area contributed by atoms with Crippen LogP contribution in [0, 0.1) is 18.8 Å². The van der Waals surface area contributed by atoms with E-state index in [0.29, 0.717) is 0 Å². The molecule has 0 aliphatic heterocycles. The van der Waals surface area contributed by atoms with E-state index in [1.54, 1.807) is 11.3 Å². The standard InChI is InChI=1S/C7H7NS/c1-3-4-7-8-6(2)5-9-7/h5H,1-2H3. The molecule has 0 fully saturated rings. The lowest BCUT2D eigenvalue weighted by atomic mass is 10.6. The zero-order valence-electron chi connectivity index (χ0n) is 5.43. The van der Waals surface area contributed by atoms with E-state index in [2.05, 4.69) is 16.8 Å². The summed E-state index contributed by atoms with van der Waals surface area (Å²) in [5.41, 5.74) is 1.05. The van der Waals surface area contributed by atoms with Crippen LogP contribution >= 0.6 is 11.3 Å². The van der Waals surface area contributed by atoms with Gasteiger partial charge in [-0.3, -0.25) is 0 Å². The van der Waals surface area contributed by atoms with E-state index in [0.717, 1.165) is 10.7 Å². The van der Waals surface area contributed by atoms with Crippen molar-refractivity contribution in [1.29, 1.82) is 0 Å². The molecule has 0 amide bonds. The van der Waals surface area contributed by atoms with Crippen LogP contribution in [0.3, 0.4) is 0 Å². The zero-order chi connectivity index (χ0) is 6.69. The Bertz CT molecular complexity index is 251. The first kappa shape index (κ1) is 6.31. The normalized spacial score (nSPS) is 8.22. The first-order chi connectivity index (χ1) is 4.33. The van der Waals surface area contributed by atoms with Crippen molar-refractivity contribution in [3.05, 3.63) is 16.1 Å². The Balaban J connectivity index is 2.93. The van der Waals surface area contributed by atoms with Crippen molar-refractivity contribution in [2.24, 2.45) is 0 Å². The van der Waals surface area contributed by atoms with Crippen molar-refractivity contribution < 1.29 is 0 Å². The van der Waals surface area contributed by atoms with Crippen LogP contribution in [0.2, 0.25) is 0 Å². The number of nitrogens with zero attached hydrogens (tertiary/aromatic N) is 1. The molecule has 46 valence electrons. The van der Waals surface area contributed by atoms with Gasteiger partial charge in [0.1, 0.15) is 0 Å².